The van der Waals surface area contributed by atoms with Crippen LogP contribution in [0.4, 0.5) is 0 Å². The van der Waals surface area contributed by atoms with Crippen molar-refractivity contribution >= 4 is 10.9 Å². The third kappa shape index (κ3) is 2.27. The summed E-state index contributed by atoms with van der Waals surface area (Å²) in [5, 5.41) is 1.32. The highest BCUT2D eigenvalue weighted by molar-refractivity contribution is 5.81. The van der Waals surface area contributed by atoms with Crippen molar-refractivity contribution in [2.45, 2.75) is 27.3 Å². The Kier molecular flexibility index (Phi) is 3.30. The fourth-order valence-corrected chi connectivity index (χ4v) is 2.13. The minimum Gasteiger partial charge on any atom is -0.359 e. The van der Waals surface area contributed by atoms with Gasteiger partial charge in [-0.15, -0.1) is 0 Å². The fraction of sp³-hybridized carbons (Fsp3) is 0.429. The second-order valence-corrected chi connectivity index (χ2v) is 4.34. The quantitative estimate of drug-likeness (QED) is 0.830. The molecule has 0 aliphatic carbocycles. The Hall–Kier alpha value is -1.28. The highest BCUT2D eigenvalue weighted by Gasteiger charge is 2.03. The summed E-state index contributed by atoms with van der Waals surface area (Å²) in [7, 11) is 0. The zero-order valence-corrected chi connectivity index (χ0v) is 10.4. The van der Waals surface area contributed by atoms with E-state index in [1.54, 1.807) is 0 Å². The van der Waals surface area contributed by atoms with Gasteiger partial charge in [-0.05, 0) is 49.2 Å². The molecule has 0 aliphatic rings. The number of nitrogens with one attached hydrogen (secondary N) is 1. The third-order valence-corrected chi connectivity index (χ3v) is 3.12. The minimum atomic E-state index is 1.05. The molecule has 16 heavy (non-hydrogen) atoms. The van der Waals surface area contributed by atoms with Crippen LogP contribution in [0.25, 0.3) is 10.9 Å². The Labute approximate surface area is 97.3 Å². The molecule has 0 aliphatic heterocycles. The van der Waals surface area contributed by atoms with E-state index in [1.807, 2.05) is 0 Å². The molecule has 0 atom stereocenters. The minimum absolute atomic E-state index is 1.05. The van der Waals surface area contributed by atoms with E-state index >= 15 is 0 Å². The fourth-order valence-electron chi connectivity index (χ4n) is 2.13. The summed E-state index contributed by atoms with van der Waals surface area (Å²) in [5.74, 6) is 0. The van der Waals surface area contributed by atoms with Crippen molar-refractivity contribution in [3.8, 4) is 0 Å². The second-order valence-electron chi connectivity index (χ2n) is 4.34. The van der Waals surface area contributed by atoms with Crippen molar-refractivity contribution in [1.29, 1.82) is 0 Å². The van der Waals surface area contributed by atoms with Crippen LogP contribution in [-0.2, 0) is 6.54 Å². The van der Waals surface area contributed by atoms with Crippen LogP contribution >= 0.6 is 0 Å². The first-order valence-corrected chi connectivity index (χ1v) is 6.03. The maximum Gasteiger partial charge on any atom is 0.0456 e. The van der Waals surface area contributed by atoms with Gasteiger partial charge in [0.2, 0.25) is 0 Å². The van der Waals surface area contributed by atoms with Crippen LogP contribution in [0, 0.1) is 6.92 Å². The standard InChI is InChI=1S/C14H20N2/c1-4-16(5-2)10-12-6-7-14-13(9-12)8-11(3)15-14/h6-9,15H,4-5,10H2,1-3H3. The Morgan fingerprint density at radius 3 is 2.56 bits per heavy atom. The van der Waals surface area contributed by atoms with Gasteiger partial charge in [0.25, 0.3) is 0 Å². The van der Waals surface area contributed by atoms with Gasteiger partial charge in [-0.1, -0.05) is 19.9 Å². The monoisotopic (exact) mass is 216 g/mol. The van der Waals surface area contributed by atoms with Crippen molar-refractivity contribution in [3.05, 3.63) is 35.5 Å². The number of aromatic nitrogens is 1. The molecule has 86 valence electrons. The number of rotatable bonds is 4. The van der Waals surface area contributed by atoms with Gasteiger partial charge in [0.05, 0.1) is 0 Å². The molecule has 0 amide bonds. The molecule has 0 unspecified atom stereocenters. The molecule has 1 aromatic carbocycles. The first-order chi connectivity index (χ1) is 7.72. The highest BCUT2D eigenvalue weighted by Crippen LogP contribution is 2.17. The Balaban J connectivity index is 2.24. The number of hydrogen-bond donors (Lipinski definition) is 1. The molecular formula is C14H20N2. The maximum absolute atomic E-state index is 3.35. The second kappa shape index (κ2) is 4.71. The molecule has 0 saturated heterocycles. The summed E-state index contributed by atoms with van der Waals surface area (Å²) in [6, 6.07) is 8.90. The Morgan fingerprint density at radius 2 is 1.88 bits per heavy atom. The normalized spacial score (nSPS) is 11.5. The molecule has 2 rings (SSSR count). The largest absolute Gasteiger partial charge is 0.359 e. The van der Waals surface area contributed by atoms with E-state index in [0.29, 0.717) is 0 Å². The molecule has 0 saturated carbocycles. The van der Waals surface area contributed by atoms with Gasteiger partial charge in [0, 0.05) is 17.8 Å². The molecule has 0 spiro atoms. The van der Waals surface area contributed by atoms with Gasteiger partial charge in [-0.25, -0.2) is 0 Å². The van der Waals surface area contributed by atoms with Crippen LogP contribution < -0.4 is 0 Å². The van der Waals surface area contributed by atoms with Crippen LogP contribution in [0.3, 0.4) is 0 Å². The zero-order valence-electron chi connectivity index (χ0n) is 10.4. The summed E-state index contributed by atoms with van der Waals surface area (Å²) in [6.07, 6.45) is 0. The van der Waals surface area contributed by atoms with Gasteiger partial charge in [0.1, 0.15) is 0 Å². The molecule has 1 aromatic heterocycles. The SMILES string of the molecule is CCN(CC)Cc1ccc2[nH]c(C)cc2c1. The first kappa shape index (κ1) is 11.2. The lowest BCUT2D eigenvalue weighted by Crippen LogP contribution is -2.21. The molecule has 2 heteroatoms. The van der Waals surface area contributed by atoms with E-state index in [4.69, 9.17) is 0 Å². The van der Waals surface area contributed by atoms with Crippen LogP contribution in [0.1, 0.15) is 25.1 Å². The molecule has 1 heterocycles. The van der Waals surface area contributed by atoms with Gasteiger partial charge < -0.3 is 4.98 Å². The highest BCUT2D eigenvalue weighted by atomic mass is 15.1. The van der Waals surface area contributed by atoms with Crippen LogP contribution in [0.5, 0.6) is 0 Å². The lowest BCUT2D eigenvalue weighted by atomic mass is 10.1. The molecule has 1 N–H and O–H groups in total. The summed E-state index contributed by atoms with van der Waals surface area (Å²) in [4.78, 5) is 5.78. The van der Waals surface area contributed by atoms with Crippen molar-refractivity contribution in [2.75, 3.05) is 13.1 Å². The van der Waals surface area contributed by atoms with Crippen LogP contribution in [0.2, 0.25) is 0 Å². The predicted molar refractivity (Wildman–Crippen MR) is 69.7 cm³/mol. The van der Waals surface area contributed by atoms with Crippen molar-refractivity contribution in [3.63, 3.8) is 0 Å². The zero-order chi connectivity index (χ0) is 11.5. The Morgan fingerprint density at radius 1 is 1.12 bits per heavy atom. The van der Waals surface area contributed by atoms with Gasteiger partial charge >= 0.3 is 0 Å². The first-order valence-electron chi connectivity index (χ1n) is 6.03. The number of aromatic amines is 1. The molecular weight excluding hydrogens is 196 g/mol. The number of H-pyrrole nitrogens is 1. The van der Waals surface area contributed by atoms with E-state index in [0.717, 1.165) is 19.6 Å². The van der Waals surface area contributed by atoms with E-state index < -0.39 is 0 Å². The summed E-state index contributed by atoms with van der Waals surface area (Å²) in [6.45, 7) is 9.80. The average molecular weight is 216 g/mol. The van der Waals surface area contributed by atoms with Crippen molar-refractivity contribution in [2.24, 2.45) is 0 Å². The smallest absolute Gasteiger partial charge is 0.0456 e. The van der Waals surface area contributed by atoms with E-state index in [1.165, 1.54) is 22.2 Å². The van der Waals surface area contributed by atoms with Gasteiger partial charge in [-0.3, -0.25) is 4.90 Å². The van der Waals surface area contributed by atoms with E-state index in [9.17, 15) is 0 Å². The average Bonchev–Trinajstić information content (AvgIpc) is 2.65. The molecule has 0 radical (unpaired) electrons. The maximum atomic E-state index is 3.35. The van der Waals surface area contributed by atoms with E-state index in [-0.39, 0.29) is 0 Å². The van der Waals surface area contributed by atoms with Crippen LogP contribution in [-0.4, -0.2) is 23.0 Å². The number of fused-ring (bicyclic) bond motifs is 1. The lowest BCUT2D eigenvalue weighted by Gasteiger charge is -2.17. The van der Waals surface area contributed by atoms with Gasteiger partial charge in [-0.2, -0.15) is 0 Å². The molecule has 0 fully saturated rings. The lowest BCUT2D eigenvalue weighted by molar-refractivity contribution is 0.296. The van der Waals surface area contributed by atoms with Crippen molar-refractivity contribution in [1.82, 2.24) is 9.88 Å². The molecule has 0 bridgehead atoms. The number of benzene rings is 1. The van der Waals surface area contributed by atoms with Gasteiger partial charge in [0.15, 0.2) is 0 Å². The summed E-state index contributed by atoms with van der Waals surface area (Å²) >= 11 is 0. The summed E-state index contributed by atoms with van der Waals surface area (Å²) in [5.41, 5.74) is 3.87. The number of nitrogens with zero attached hydrogens (tertiary/aromatic N) is 1. The number of aryl methyl sites for hydroxylation is 1. The summed E-state index contributed by atoms with van der Waals surface area (Å²) < 4.78 is 0. The molecule has 2 nitrogen and oxygen atoms in total. The number of hydrogen-bond acceptors (Lipinski definition) is 1. The van der Waals surface area contributed by atoms with Crippen molar-refractivity contribution < 1.29 is 0 Å². The topological polar surface area (TPSA) is 19.0 Å². The predicted octanol–water partition coefficient (Wildman–Crippen LogP) is 3.32. The third-order valence-electron chi connectivity index (χ3n) is 3.12. The van der Waals surface area contributed by atoms with E-state index in [2.05, 4.69) is 54.9 Å². The Bertz CT molecular complexity index is 467. The molecule has 2 aromatic rings. The van der Waals surface area contributed by atoms with Crippen LogP contribution in [0.15, 0.2) is 24.3 Å².